The predicted molar refractivity (Wildman–Crippen MR) is 70.4 cm³/mol. The molecule has 0 bridgehead atoms. The van der Waals surface area contributed by atoms with Crippen LogP contribution in [-0.2, 0) is 0 Å². The first-order chi connectivity index (χ1) is 7.27. The van der Waals surface area contributed by atoms with Crippen LogP contribution in [0, 0.1) is 0 Å². The Morgan fingerprint density at radius 1 is 1.27 bits per heavy atom. The van der Waals surface area contributed by atoms with Gasteiger partial charge in [-0.3, -0.25) is 4.79 Å². The van der Waals surface area contributed by atoms with Crippen molar-refractivity contribution >= 4 is 28.4 Å². The van der Waals surface area contributed by atoms with E-state index in [1.165, 1.54) is 0 Å². The minimum atomic E-state index is 0.119. The lowest BCUT2D eigenvalue weighted by Gasteiger charge is -2.10. The molecule has 1 aliphatic rings. The summed E-state index contributed by atoms with van der Waals surface area (Å²) in [5.41, 5.74) is 1.57. The molecule has 0 spiro atoms. The maximum absolute atomic E-state index is 12.0. The predicted octanol–water partition coefficient (Wildman–Crippen LogP) is 3.56. The lowest BCUT2D eigenvalue weighted by Crippen LogP contribution is -2.07. The smallest absolute Gasteiger partial charge is 0.192 e. The van der Waals surface area contributed by atoms with E-state index in [1.54, 1.807) is 0 Å². The van der Waals surface area contributed by atoms with Gasteiger partial charge in [-0.25, -0.2) is 0 Å². The average molecular weight is 310 g/mol. The average Bonchev–Trinajstić information content (AvgIpc) is 2.29. The molecule has 1 atom stereocenters. The molecule has 2 rings (SSSR count). The summed E-state index contributed by atoms with van der Waals surface area (Å²) in [7, 11) is 0. The molecule has 0 radical (unpaired) electrons. The summed E-state index contributed by atoms with van der Waals surface area (Å²) in [6.45, 7) is 0. The fraction of sp³-hybridized carbons (Fsp3) is 0.154. The molecule has 1 nitrogen and oxygen atoms in total. The van der Waals surface area contributed by atoms with Gasteiger partial charge in [-0.1, -0.05) is 71.2 Å². The number of carbonyl (C=O) groups is 1. The number of allylic oxidation sites excluding steroid dienone is 4. The van der Waals surface area contributed by atoms with E-state index in [0.717, 1.165) is 17.6 Å². The van der Waals surface area contributed by atoms with E-state index in [0.29, 0.717) is 3.92 Å². The van der Waals surface area contributed by atoms with Crippen molar-refractivity contribution in [1.29, 1.82) is 0 Å². The van der Waals surface area contributed by atoms with Crippen LogP contribution in [0.2, 0.25) is 0 Å². The third-order valence-electron chi connectivity index (χ3n) is 2.32. The van der Waals surface area contributed by atoms with Crippen molar-refractivity contribution in [2.75, 3.05) is 0 Å². The molecule has 0 fully saturated rings. The van der Waals surface area contributed by atoms with Crippen LogP contribution in [0.4, 0.5) is 0 Å². The summed E-state index contributed by atoms with van der Waals surface area (Å²) in [6, 6.07) is 9.41. The Hall–Kier alpha value is -0.900. The normalized spacial score (nSPS) is 19.8. The van der Waals surface area contributed by atoms with Crippen LogP contribution in [-0.4, -0.2) is 9.71 Å². The van der Waals surface area contributed by atoms with Gasteiger partial charge in [-0.2, -0.15) is 0 Å². The van der Waals surface area contributed by atoms with Gasteiger partial charge in [0, 0.05) is 15.1 Å². The molecule has 1 aliphatic carbocycles. The molecule has 0 N–H and O–H groups in total. The van der Waals surface area contributed by atoms with Gasteiger partial charge in [0.2, 0.25) is 0 Å². The van der Waals surface area contributed by atoms with Gasteiger partial charge < -0.3 is 0 Å². The Kier molecular flexibility index (Phi) is 3.36. The van der Waals surface area contributed by atoms with Crippen molar-refractivity contribution in [1.82, 2.24) is 0 Å². The van der Waals surface area contributed by atoms with Crippen LogP contribution in [0.15, 0.2) is 54.1 Å². The summed E-state index contributed by atoms with van der Waals surface area (Å²) in [5, 5.41) is 0. The summed E-state index contributed by atoms with van der Waals surface area (Å²) in [6.07, 6.45) is 7.04. The number of rotatable bonds is 2. The van der Waals surface area contributed by atoms with Crippen LogP contribution in [0.25, 0.3) is 0 Å². The molecular weight excluding hydrogens is 299 g/mol. The van der Waals surface area contributed by atoms with Crippen molar-refractivity contribution in [2.45, 2.75) is 10.3 Å². The van der Waals surface area contributed by atoms with Crippen LogP contribution in [0.5, 0.6) is 0 Å². The molecule has 0 aliphatic heterocycles. The van der Waals surface area contributed by atoms with Gasteiger partial charge in [0.1, 0.15) is 0 Å². The number of hydrogen-bond acceptors (Lipinski definition) is 1. The Balaban J connectivity index is 2.26. The van der Waals surface area contributed by atoms with E-state index in [9.17, 15) is 4.79 Å². The second-order valence-electron chi connectivity index (χ2n) is 3.47. The molecule has 15 heavy (non-hydrogen) atoms. The van der Waals surface area contributed by atoms with Crippen LogP contribution in [0.1, 0.15) is 16.8 Å². The van der Waals surface area contributed by atoms with Crippen molar-refractivity contribution < 1.29 is 4.79 Å². The van der Waals surface area contributed by atoms with Crippen molar-refractivity contribution in [3.63, 3.8) is 0 Å². The van der Waals surface area contributed by atoms with Crippen molar-refractivity contribution in [3.8, 4) is 0 Å². The third kappa shape index (κ3) is 2.56. The molecule has 1 unspecified atom stereocenters. The van der Waals surface area contributed by atoms with E-state index in [4.69, 9.17) is 0 Å². The van der Waals surface area contributed by atoms with Crippen molar-refractivity contribution in [3.05, 3.63) is 59.7 Å². The van der Waals surface area contributed by atoms with Gasteiger partial charge in [0.05, 0.1) is 0 Å². The van der Waals surface area contributed by atoms with Gasteiger partial charge in [-0.15, -0.1) is 0 Å². The molecular formula is C13H11IO. The standard InChI is InChI=1S/C13H11IO/c14-12-8-4-7-11(9-12)13(15)10-5-2-1-3-6-10/h1-7,9,12H,8H2. The third-order valence-corrected chi connectivity index (χ3v) is 3.19. The lowest BCUT2D eigenvalue weighted by atomic mass is 9.98. The zero-order chi connectivity index (χ0) is 10.7. The number of alkyl halides is 1. The second-order valence-corrected chi connectivity index (χ2v) is 5.07. The van der Waals surface area contributed by atoms with E-state index in [1.807, 2.05) is 42.5 Å². The van der Waals surface area contributed by atoms with Gasteiger partial charge in [0.15, 0.2) is 5.78 Å². The molecule has 0 saturated heterocycles. The topological polar surface area (TPSA) is 17.1 Å². The first-order valence-corrected chi connectivity index (χ1v) is 6.14. The highest BCUT2D eigenvalue weighted by Crippen LogP contribution is 2.20. The van der Waals surface area contributed by atoms with E-state index in [2.05, 4.69) is 28.7 Å². The minimum absolute atomic E-state index is 0.119. The zero-order valence-corrected chi connectivity index (χ0v) is 10.3. The SMILES string of the molecule is O=C(C1=CC(I)CC=C1)c1ccccc1. The largest absolute Gasteiger partial charge is 0.289 e. The van der Waals surface area contributed by atoms with Crippen molar-refractivity contribution in [2.24, 2.45) is 0 Å². The summed E-state index contributed by atoms with van der Waals surface area (Å²) in [4.78, 5) is 12.0. The van der Waals surface area contributed by atoms with Gasteiger partial charge in [-0.05, 0) is 6.42 Å². The number of hydrogen-bond donors (Lipinski definition) is 0. The monoisotopic (exact) mass is 310 g/mol. The second kappa shape index (κ2) is 4.75. The molecule has 0 amide bonds. The Bertz CT molecular complexity index is 417. The highest BCUT2D eigenvalue weighted by molar-refractivity contribution is 14.1. The molecule has 1 aromatic carbocycles. The van der Waals surface area contributed by atoms with Gasteiger partial charge in [0.25, 0.3) is 0 Å². The lowest BCUT2D eigenvalue weighted by molar-refractivity contribution is 0.103. The van der Waals surface area contributed by atoms with E-state index < -0.39 is 0 Å². The highest BCUT2D eigenvalue weighted by Gasteiger charge is 2.13. The Morgan fingerprint density at radius 3 is 2.67 bits per heavy atom. The maximum atomic E-state index is 12.0. The maximum Gasteiger partial charge on any atom is 0.192 e. The number of ketones is 1. The number of carbonyl (C=O) groups excluding carboxylic acids is 1. The van der Waals surface area contributed by atoms with Gasteiger partial charge >= 0.3 is 0 Å². The van der Waals surface area contributed by atoms with Crippen LogP contribution >= 0.6 is 22.6 Å². The number of halogens is 1. The molecule has 1 aromatic rings. The molecule has 76 valence electrons. The summed E-state index contributed by atoms with van der Waals surface area (Å²) >= 11 is 2.34. The fourth-order valence-corrected chi connectivity index (χ4v) is 2.23. The highest BCUT2D eigenvalue weighted by atomic mass is 127. The zero-order valence-electron chi connectivity index (χ0n) is 8.19. The Morgan fingerprint density at radius 2 is 2.00 bits per heavy atom. The first-order valence-electron chi connectivity index (χ1n) is 4.89. The fourth-order valence-electron chi connectivity index (χ4n) is 1.55. The van der Waals surface area contributed by atoms with E-state index in [-0.39, 0.29) is 5.78 Å². The molecule has 0 aromatic heterocycles. The molecule has 0 saturated carbocycles. The Labute approximate surface area is 103 Å². The van der Waals surface area contributed by atoms with Crippen LogP contribution < -0.4 is 0 Å². The van der Waals surface area contributed by atoms with E-state index >= 15 is 0 Å². The van der Waals surface area contributed by atoms with Crippen LogP contribution in [0.3, 0.4) is 0 Å². The number of benzene rings is 1. The quantitative estimate of drug-likeness (QED) is 0.464. The first kappa shape index (κ1) is 10.6. The summed E-state index contributed by atoms with van der Waals surface area (Å²) in [5.74, 6) is 0.119. The summed E-state index contributed by atoms with van der Waals surface area (Å²) < 4.78 is 0.440. The minimum Gasteiger partial charge on any atom is -0.289 e. The molecule has 2 heteroatoms. The number of Topliss-reactive ketones (excluding diaryl/α,β-unsaturated/α-hetero) is 1. The molecule has 0 heterocycles.